The van der Waals surface area contributed by atoms with Crippen LogP contribution in [0.15, 0.2) is 79.4 Å². The van der Waals surface area contributed by atoms with Crippen molar-refractivity contribution < 1.29 is 18.6 Å². The van der Waals surface area contributed by atoms with Gasteiger partial charge < -0.3 is 14.4 Å². The summed E-state index contributed by atoms with van der Waals surface area (Å²) in [4.78, 5) is 8.69. The number of fused-ring (bicyclic) bond motifs is 1. The van der Waals surface area contributed by atoms with Crippen molar-refractivity contribution in [3.63, 3.8) is 0 Å². The molecule has 5 aromatic rings. The minimum absolute atomic E-state index is 0.0529. The summed E-state index contributed by atoms with van der Waals surface area (Å²) < 4.78 is 37.1. The molecule has 0 bridgehead atoms. The first-order valence-electron chi connectivity index (χ1n) is 10.6. The second-order valence-corrected chi connectivity index (χ2v) is 7.99. The Bertz CT molecular complexity index is 1430. The predicted octanol–water partition coefficient (Wildman–Crippen LogP) is 4.17. The summed E-state index contributed by atoms with van der Waals surface area (Å²) in [6.45, 7) is -0.179. The minimum atomic E-state index is -1.80. The van der Waals surface area contributed by atoms with Crippen LogP contribution in [0.5, 0.6) is 5.75 Å². The molecule has 1 unspecified atom stereocenters. The summed E-state index contributed by atoms with van der Waals surface area (Å²) in [7, 11) is 1.59. The Morgan fingerprint density at radius 1 is 1.00 bits per heavy atom. The van der Waals surface area contributed by atoms with E-state index in [9.17, 15) is 13.9 Å². The molecule has 0 aliphatic carbocycles. The number of hydrogen-bond donors (Lipinski definition) is 1. The standard InChI is InChI=1S/C25H21F2N5O2/c1-34-19-9-6-17(7-10-19)24-30-22-4-2-3-5-23(22)32(24)14-25(33,13-31-16-28-15-29-31)20-11-8-18(26)12-21(20)27/h2-12,15-16,33H,13-14H2,1H3. The molecule has 0 saturated carbocycles. The van der Waals surface area contributed by atoms with Gasteiger partial charge in [0, 0.05) is 17.2 Å². The van der Waals surface area contributed by atoms with Crippen LogP contribution in [0.3, 0.4) is 0 Å². The summed E-state index contributed by atoms with van der Waals surface area (Å²) in [5.41, 5.74) is 0.419. The van der Waals surface area contributed by atoms with Crippen LogP contribution in [0.1, 0.15) is 5.56 Å². The van der Waals surface area contributed by atoms with Crippen molar-refractivity contribution in [2.75, 3.05) is 7.11 Å². The highest BCUT2D eigenvalue weighted by Gasteiger charge is 2.35. The Kier molecular flexibility index (Phi) is 5.54. The molecular weight excluding hydrogens is 440 g/mol. The number of halogens is 2. The molecule has 0 aliphatic rings. The molecule has 0 aliphatic heterocycles. The van der Waals surface area contributed by atoms with Gasteiger partial charge in [-0.25, -0.2) is 23.4 Å². The number of para-hydroxylation sites is 2. The highest BCUT2D eigenvalue weighted by molar-refractivity contribution is 5.80. The molecule has 5 rings (SSSR count). The number of benzene rings is 3. The molecule has 172 valence electrons. The monoisotopic (exact) mass is 461 g/mol. The van der Waals surface area contributed by atoms with Gasteiger partial charge in [0.1, 0.15) is 41.5 Å². The van der Waals surface area contributed by atoms with Gasteiger partial charge in [-0.15, -0.1) is 0 Å². The fourth-order valence-corrected chi connectivity index (χ4v) is 4.13. The molecule has 2 heterocycles. The van der Waals surface area contributed by atoms with E-state index in [1.807, 2.05) is 53.1 Å². The highest BCUT2D eigenvalue weighted by atomic mass is 19.1. The fraction of sp³-hybridized carbons (Fsp3) is 0.160. The lowest BCUT2D eigenvalue weighted by molar-refractivity contribution is -0.00410. The molecule has 7 nitrogen and oxygen atoms in total. The molecule has 9 heteroatoms. The number of aromatic nitrogens is 5. The number of rotatable bonds is 7. The van der Waals surface area contributed by atoms with Gasteiger partial charge in [-0.1, -0.05) is 18.2 Å². The van der Waals surface area contributed by atoms with Crippen molar-refractivity contribution in [2.45, 2.75) is 18.7 Å². The van der Waals surface area contributed by atoms with Crippen molar-refractivity contribution in [2.24, 2.45) is 0 Å². The number of nitrogens with zero attached hydrogens (tertiary/aromatic N) is 5. The third-order valence-corrected chi connectivity index (χ3v) is 5.75. The van der Waals surface area contributed by atoms with Gasteiger partial charge in [0.25, 0.3) is 0 Å². The molecule has 1 atom stereocenters. The number of imidazole rings is 1. The van der Waals surface area contributed by atoms with E-state index in [1.54, 1.807) is 7.11 Å². The highest BCUT2D eigenvalue weighted by Crippen LogP contribution is 2.33. The second kappa shape index (κ2) is 8.68. The van der Waals surface area contributed by atoms with E-state index in [4.69, 9.17) is 9.72 Å². The Morgan fingerprint density at radius 3 is 2.50 bits per heavy atom. The molecule has 0 amide bonds. The van der Waals surface area contributed by atoms with Crippen molar-refractivity contribution >= 4 is 11.0 Å². The van der Waals surface area contributed by atoms with Gasteiger partial charge in [0.15, 0.2) is 0 Å². The van der Waals surface area contributed by atoms with Crippen LogP contribution in [0.4, 0.5) is 8.78 Å². The van der Waals surface area contributed by atoms with Crippen molar-refractivity contribution in [1.82, 2.24) is 24.3 Å². The van der Waals surface area contributed by atoms with Gasteiger partial charge in [-0.3, -0.25) is 0 Å². The topological polar surface area (TPSA) is 78.0 Å². The van der Waals surface area contributed by atoms with E-state index in [0.717, 1.165) is 28.7 Å². The van der Waals surface area contributed by atoms with Crippen molar-refractivity contribution in [3.05, 3.63) is 96.6 Å². The lowest BCUT2D eigenvalue weighted by Crippen LogP contribution is -2.37. The number of ether oxygens (including phenoxy) is 1. The average molecular weight is 461 g/mol. The molecular formula is C25H21F2N5O2. The van der Waals surface area contributed by atoms with Crippen LogP contribution >= 0.6 is 0 Å². The number of aliphatic hydroxyl groups is 1. The Labute approximate surface area is 193 Å². The van der Waals surface area contributed by atoms with Gasteiger partial charge in [-0.05, 0) is 42.5 Å². The maximum atomic E-state index is 14.9. The summed E-state index contributed by atoms with van der Waals surface area (Å²) >= 11 is 0. The van der Waals surface area contributed by atoms with E-state index in [0.29, 0.717) is 11.6 Å². The largest absolute Gasteiger partial charge is 0.497 e. The van der Waals surface area contributed by atoms with Crippen molar-refractivity contribution in [1.29, 1.82) is 0 Å². The van der Waals surface area contributed by atoms with Crippen LogP contribution in [0.2, 0.25) is 0 Å². The summed E-state index contributed by atoms with van der Waals surface area (Å²) in [5, 5.41) is 16.0. The fourth-order valence-electron chi connectivity index (χ4n) is 4.13. The molecule has 1 N–H and O–H groups in total. The van der Waals surface area contributed by atoms with Crippen LogP contribution in [-0.2, 0) is 18.7 Å². The van der Waals surface area contributed by atoms with E-state index >= 15 is 0 Å². The molecule has 0 spiro atoms. The first kappa shape index (κ1) is 21.7. The minimum Gasteiger partial charge on any atom is -0.497 e. The Morgan fingerprint density at radius 2 is 1.79 bits per heavy atom. The number of methoxy groups -OCH3 is 1. The third kappa shape index (κ3) is 4.01. The normalized spacial score (nSPS) is 13.2. The zero-order valence-corrected chi connectivity index (χ0v) is 18.3. The second-order valence-electron chi connectivity index (χ2n) is 7.99. The summed E-state index contributed by atoms with van der Waals surface area (Å²) in [6, 6.07) is 18.0. The molecule has 0 saturated heterocycles. The predicted molar refractivity (Wildman–Crippen MR) is 122 cm³/mol. The molecule has 2 aromatic heterocycles. The molecule has 34 heavy (non-hydrogen) atoms. The SMILES string of the molecule is COc1ccc(-c2nc3ccccc3n2CC(O)(Cn2cncn2)c2ccc(F)cc2F)cc1. The lowest BCUT2D eigenvalue weighted by atomic mass is 9.92. The zero-order valence-electron chi connectivity index (χ0n) is 18.3. The first-order valence-corrected chi connectivity index (χ1v) is 10.6. The Hall–Kier alpha value is -4.11. The Balaban J connectivity index is 1.67. The van der Waals surface area contributed by atoms with Crippen LogP contribution in [-0.4, -0.2) is 36.5 Å². The molecule has 0 fully saturated rings. The van der Waals surface area contributed by atoms with Gasteiger partial charge in [0.05, 0.1) is 31.2 Å². The summed E-state index contributed by atoms with van der Waals surface area (Å²) in [5.74, 6) is -0.291. The van der Waals surface area contributed by atoms with Gasteiger partial charge in [0.2, 0.25) is 0 Å². The van der Waals surface area contributed by atoms with E-state index in [1.165, 1.54) is 23.4 Å². The maximum Gasteiger partial charge on any atom is 0.141 e. The average Bonchev–Trinajstić information content (AvgIpc) is 3.47. The zero-order chi connectivity index (χ0) is 23.7. The first-order chi connectivity index (χ1) is 16.5. The lowest BCUT2D eigenvalue weighted by Gasteiger charge is -2.30. The van der Waals surface area contributed by atoms with Crippen LogP contribution in [0, 0.1) is 11.6 Å². The molecule has 0 radical (unpaired) electrons. The van der Waals surface area contributed by atoms with Gasteiger partial charge in [-0.2, -0.15) is 5.10 Å². The van der Waals surface area contributed by atoms with Crippen molar-refractivity contribution in [3.8, 4) is 17.1 Å². The van der Waals surface area contributed by atoms with Crippen LogP contribution < -0.4 is 4.74 Å². The molecule has 3 aromatic carbocycles. The maximum absolute atomic E-state index is 14.9. The van der Waals surface area contributed by atoms with E-state index in [2.05, 4.69) is 10.1 Å². The van der Waals surface area contributed by atoms with E-state index < -0.39 is 17.2 Å². The smallest absolute Gasteiger partial charge is 0.141 e. The number of hydrogen-bond acceptors (Lipinski definition) is 5. The van der Waals surface area contributed by atoms with E-state index in [-0.39, 0.29) is 18.7 Å². The van der Waals surface area contributed by atoms with Crippen LogP contribution in [0.25, 0.3) is 22.4 Å². The quantitative estimate of drug-likeness (QED) is 0.394. The third-order valence-electron chi connectivity index (χ3n) is 5.75. The summed E-state index contributed by atoms with van der Waals surface area (Å²) in [6.07, 6.45) is 2.76. The van der Waals surface area contributed by atoms with Gasteiger partial charge >= 0.3 is 0 Å².